The molecule has 1 N–H and O–H groups in total. The number of piperazine rings is 1. The average Bonchev–Trinajstić information content (AvgIpc) is 2.64. The summed E-state index contributed by atoms with van der Waals surface area (Å²) in [6, 6.07) is 5.32. The van der Waals surface area contributed by atoms with E-state index in [-0.39, 0.29) is 23.4 Å². The molecule has 1 heterocycles. The molecular formula is C19H28FN3O3S. The van der Waals surface area contributed by atoms with Crippen LogP contribution in [0.3, 0.4) is 0 Å². The molecule has 1 saturated heterocycles. The molecule has 1 aromatic rings. The highest BCUT2D eigenvalue weighted by Crippen LogP contribution is 2.23. The molecule has 0 radical (unpaired) electrons. The van der Waals surface area contributed by atoms with Crippen molar-refractivity contribution in [1.82, 2.24) is 14.5 Å². The second-order valence-electron chi connectivity index (χ2n) is 7.57. The molecular weight excluding hydrogens is 369 g/mol. The lowest BCUT2D eigenvalue weighted by Gasteiger charge is -2.34. The van der Waals surface area contributed by atoms with Crippen LogP contribution in [0, 0.1) is 11.7 Å². The van der Waals surface area contributed by atoms with Gasteiger partial charge in [0.1, 0.15) is 5.82 Å². The molecule has 0 spiro atoms. The average molecular weight is 398 g/mol. The third kappa shape index (κ3) is 5.06. The predicted molar refractivity (Wildman–Crippen MR) is 101 cm³/mol. The summed E-state index contributed by atoms with van der Waals surface area (Å²) in [7, 11) is -3.70. The highest BCUT2D eigenvalue weighted by molar-refractivity contribution is 7.89. The fourth-order valence-electron chi connectivity index (χ4n) is 3.89. The van der Waals surface area contributed by atoms with Crippen LogP contribution in [-0.2, 0) is 14.8 Å². The highest BCUT2D eigenvalue weighted by Gasteiger charge is 2.30. The first kappa shape index (κ1) is 20.2. The zero-order valence-electron chi connectivity index (χ0n) is 15.7. The molecule has 1 saturated carbocycles. The van der Waals surface area contributed by atoms with E-state index in [1.807, 2.05) is 4.90 Å². The molecule has 150 valence electrons. The Morgan fingerprint density at radius 3 is 2.56 bits per heavy atom. The van der Waals surface area contributed by atoms with Gasteiger partial charge in [0.25, 0.3) is 0 Å². The van der Waals surface area contributed by atoms with Gasteiger partial charge in [0.05, 0.1) is 11.4 Å². The molecule has 27 heavy (non-hydrogen) atoms. The van der Waals surface area contributed by atoms with E-state index < -0.39 is 15.8 Å². The summed E-state index contributed by atoms with van der Waals surface area (Å²) in [5.41, 5.74) is 0. The van der Waals surface area contributed by atoms with Crippen molar-refractivity contribution >= 4 is 15.9 Å². The minimum absolute atomic E-state index is 0.00943. The quantitative estimate of drug-likeness (QED) is 0.823. The molecule has 0 unspecified atom stereocenters. The summed E-state index contributed by atoms with van der Waals surface area (Å²) in [6.45, 7) is 4.04. The van der Waals surface area contributed by atoms with E-state index in [9.17, 15) is 17.6 Å². The first-order chi connectivity index (χ1) is 12.9. The lowest BCUT2D eigenvalue weighted by atomic mass is 9.86. The van der Waals surface area contributed by atoms with Crippen molar-refractivity contribution in [1.29, 1.82) is 0 Å². The molecule has 1 aliphatic carbocycles. The molecule has 1 aliphatic heterocycles. The van der Waals surface area contributed by atoms with Gasteiger partial charge in [0.15, 0.2) is 0 Å². The molecule has 2 aliphatic rings. The molecule has 0 bridgehead atoms. The number of hydrogen-bond donors (Lipinski definition) is 1. The Bertz CT molecular complexity index is 763. The number of rotatable bonds is 5. The Morgan fingerprint density at radius 1 is 1.19 bits per heavy atom. The van der Waals surface area contributed by atoms with Gasteiger partial charge < -0.3 is 5.32 Å². The van der Waals surface area contributed by atoms with Crippen molar-refractivity contribution in [2.24, 2.45) is 5.92 Å². The number of sulfonamides is 1. The maximum atomic E-state index is 13.4. The summed E-state index contributed by atoms with van der Waals surface area (Å²) < 4.78 is 40.0. The van der Waals surface area contributed by atoms with Crippen LogP contribution in [0.1, 0.15) is 32.6 Å². The number of nitrogens with zero attached hydrogens (tertiary/aromatic N) is 2. The van der Waals surface area contributed by atoms with Crippen LogP contribution >= 0.6 is 0 Å². The van der Waals surface area contributed by atoms with Crippen molar-refractivity contribution in [2.45, 2.75) is 43.5 Å². The van der Waals surface area contributed by atoms with Crippen LogP contribution in [0.2, 0.25) is 0 Å². The topological polar surface area (TPSA) is 69.7 Å². The van der Waals surface area contributed by atoms with E-state index in [0.717, 1.165) is 25.3 Å². The first-order valence-electron chi connectivity index (χ1n) is 9.64. The van der Waals surface area contributed by atoms with Crippen molar-refractivity contribution in [3.05, 3.63) is 30.1 Å². The molecule has 0 aromatic heterocycles. The number of halogens is 1. The number of benzene rings is 1. The van der Waals surface area contributed by atoms with E-state index >= 15 is 0 Å². The second kappa shape index (κ2) is 8.67. The molecule has 2 fully saturated rings. The van der Waals surface area contributed by atoms with E-state index in [1.54, 1.807) is 0 Å². The van der Waals surface area contributed by atoms with Gasteiger partial charge in [-0.05, 0) is 37.0 Å². The lowest BCUT2D eigenvalue weighted by Crippen LogP contribution is -2.52. The Kier molecular flexibility index (Phi) is 6.49. The third-order valence-electron chi connectivity index (χ3n) is 5.59. The van der Waals surface area contributed by atoms with Crippen molar-refractivity contribution in [3.63, 3.8) is 0 Å². The minimum atomic E-state index is -3.70. The zero-order chi connectivity index (χ0) is 19.4. The molecule has 8 heteroatoms. The van der Waals surface area contributed by atoms with Crippen LogP contribution in [-0.4, -0.2) is 62.3 Å². The molecule has 6 nitrogen and oxygen atoms in total. The van der Waals surface area contributed by atoms with E-state index in [1.165, 1.54) is 28.9 Å². The molecule has 3 rings (SSSR count). The van der Waals surface area contributed by atoms with Crippen molar-refractivity contribution in [2.75, 3.05) is 32.7 Å². The standard InChI is InChI=1S/C19H28FN3O3S/c1-15-5-2-3-8-18(15)21-19(24)14-22-9-11-23(12-10-22)27(25,26)17-7-4-6-16(20)13-17/h4,6-7,13,15,18H,2-3,5,8-12,14H2,1H3,(H,21,24)/t15-,18-/m1/s1. The Balaban J connectivity index is 1.50. The van der Waals surface area contributed by atoms with Crippen LogP contribution in [0.15, 0.2) is 29.2 Å². The SMILES string of the molecule is C[C@@H]1CCCC[C@H]1NC(=O)CN1CCN(S(=O)(=O)c2cccc(F)c2)CC1. The van der Waals surface area contributed by atoms with Gasteiger partial charge in [-0.1, -0.05) is 25.8 Å². The van der Waals surface area contributed by atoms with E-state index in [2.05, 4.69) is 12.2 Å². The zero-order valence-corrected chi connectivity index (χ0v) is 16.5. The Labute approximate surface area is 160 Å². The summed E-state index contributed by atoms with van der Waals surface area (Å²) in [4.78, 5) is 14.3. The van der Waals surface area contributed by atoms with E-state index in [0.29, 0.717) is 32.1 Å². The van der Waals surface area contributed by atoms with Gasteiger partial charge in [-0.2, -0.15) is 4.31 Å². The van der Waals surface area contributed by atoms with Crippen LogP contribution in [0.4, 0.5) is 4.39 Å². The van der Waals surface area contributed by atoms with Gasteiger partial charge in [0, 0.05) is 32.2 Å². The summed E-state index contributed by atoms with van der Waals surface area (Å²) in [5, 5.41) is 3.14. The Hall–Kier alpha value is -1.51. The van der Waals surface area contributed by atoms with Gasteiger partial charge in [-0.25, -0.2) is 12.8 Å². The maximum Gasteiger partial charge on any atom is 0.243 e. The minimum Gasteiger partial charge on any atom is -0.352 e. The molecule has 1 amide bonds. The van der Waals surface area contributed by atoms with E-state index in [4.69, 9.17) is 0 Å². The first-order valence-corrected chi connectivity index (χ1v) is 11.1. The van der Waals surface area contributed by atoms with Crippen LogP contribution < -0.4 is 5.32 Å². The van der Waals surface area contributed by atoms with Crippen LogP contribution in [0.25, 0.3) is 0 Å². The van der Waals surface area contributed by atoms with Crippen molar-refractivity contribution < 1.29 is 17.6 Å². The molecule has 2 atom stereocenters. The summed E-state index contributed by atoms with van der Waals surface area (Å²) in [6.07, 6.45) is 4.58. The number of carbonyl (C=O) groups is 1. The normalized spacial score (nSPS) is 25.3. The van der Waals surface area contributed by atoms with Gasteiger partial charge in [-0.15, -0.1) is 0 Å². The number of hydrogen-bond acceptors (Lipinski definition) is 4. The van der Waals surface area contributed by atoms with Crippen molar-refractivity contribution in [3.8, 4) is 0 Å². The maximum absolute atomic E-state index is 13.4. The number of amides is 1. The smallest absolute Gasteiger partial charge is 0.243 e. The van der Waals surface area contributed by atoms with Crippen LogP contribution in [0.5, 0.6) is 0 Å². The number of nitrogens with one attached hydrogen (secondary N) is 1. The largest absolute Gasteiger partial charge is 0.352 e. The second-order valence-corrected chi connectivity index (χ2v) is 9.51. The predicted octanol–water partition coefficient (Wildman–Crippen LogP) is 1.83. The monoisotopic (exact) mass is 397 g/mol. The van der Waals surface area contributed by atoms with Gasteiger partial charge in [0.2, 0.25) is 15.9 Å². The fraction of sp³-hybridized carbons (Fsp3) is 0.632. The lowest BCUT2D eigenvalue weighted by molar-refractivity contribution is -0.123. The third-order valence-corrected chi connectivity index (χ3v) is 7.48. The summed E-state index contributed by atoms with van der Waals surface area (Å²) in [5.74, 6) is -0.0468. The summed E-state index contributed by atoms with van der Waals surface area (Å²) >= 11 is 0. The van der Waals surface area contributed by atoms with Gasteiger partial charge >= 0.3 is 0 Å². The molecule has 1 aromatic carbocycles. The number of carbonyl (C=O) groups excluding carboxylic acids is 1. The Morgan fingerprint density at radius 2 is 1.89 bits per heavy atom. The van der Waals surface area contributed by atoms with Gasteiger partial charge in [-0.3, -0.25) is 9.69 Å². The fourth-order valence-corrected chi connectivity index (χ4v) is 5.34. The highest BCUT2D eigenvalue weighted by atomic mass is 32.2.